The van der Waals surface area contributed by atoms with Crippen molar-refractivity contribution in [2.45, 2.75) is 0 Å². The van der Waals surface area contributed by atoms with Crippen LogP contribution >= 0.6 is 0 Å². The minimum atomic E-state index is -2.50. The lowest BCUT2D eigenvalue weighted by Crippen LogP contribution is -1.82. The lowest BCUT2D eigenvalue weighted by atomic mass is 11.8. The molecule has 0 radical (unpaired) electrons. The van der Waals surface area contributed by atoms with E-state index in [1.807, 2.05) is 0 Å². The van der Waals surface area contributed by atoms with E-state index in [2.05, 4.69) is 0 Å². The van der Waals surface area contributed by atoms with E-state index >= 15 is 0 Å². The van der Waals surface area contributed by atoms with E-state index in [-0.39, 0.29) is 5.62 Å². The quantitative estimate of drug-likeness (QED) is 0.310. The Kier molecular flexibility index (Phi) is 1.95. The summed E-state index contributed by atoms with van der Waals surface area (Å²) in [6.45, 7) is 0. The molecule has 3 nitrogen and oxygen atoms in total. The number of hydrogen-bond donors (Lipinski definition) is 0. The maximum atomic E-state index is 9.00. The zero-order valence-corrected chi connectivity index (χ0v) is 3.03. The van der Waals surface area contributed by atoms with Crippen LogP contribution in [0, 0.1) is 0 Å². The van der Waals surface area contributed by atoms with E-state index in [1.54, 1.807) is 0 Å². The van der Waals surface area contributed by atoms with Gasteiger partial charge in [0.1, 0.15) is 0 Å². The highest BCUT2D eigenvalue weighted by molar-refractivity contribution is 7.93. The predicted molar refractivity (Wildman–Crippen MR) is 15.7 cm³/mol. The fraction of sp³-hybridized carbons (Fsp3) is 0. The zero-order chi connectivity index (χ0) is 4.28. The second kappa shape index (κ2) is 2.04. The number of hydrogen-bond acceptors (Lipinski definition) is 3. The Hall–Kier alpha value is -0.220. The standard InChI is InChI=1S/CH2O3S/c2-1-5(3)4/h1H,(H,3,4)/p-1. The van der Waals surface area contributed by atoms with Crippen LogP contribution in [0.4, 0.5) is 0 Å². The molecule has 0 N–H and O–H groups in total. The van der Waals surface area contributed by atoms with Gasteiger partial charge in [-0.05, 0) is 0 Å². The van der Waals surface area contributed by atoms with E-state index in [0.29, 0.717) is 0 Å². The summed E-state index contributed by atoms with van der Waals surface area (Å²) in [5.41, 5.74) is -0.167. The molecule has 0 aromatic heterocycles. The molecule has 0 saturated carbocycles. The molecule has 1 atom stereocenters. The van der Waals surface area contributed by atoms with Gasteiger partial charge in [0.05, 0.1) is 0 Å². The van der Waals surface area contributed by atoms with Gasteiger partial charge in [0, 0.05) is 11.1 Å². The molecule has 0 amide bonds. The van der Waals surface area contributed by atoms with E-state index in [4.69, 9.17) is 13.6 Å². The normalized spacial score (nSPS) is 13.8. The Bertz CT molecular complexity index is 57.9. The van der Waals surface area contributed by atoms with Crippen molar-refractivity contribution < 1.29 is 13.6 Å². The van der Waals surface area contributed by atoms with Crippen molar-refractivity contribution >= 4 is 16.7 Å². The van der Waals surface area contributed by atoms with E-state index in [1.165, 1.54) is 0 Å². The highest BCUT2D eigenvalue weighted by Gasteiger charge is 1.59. The lowest BCUT2D eigenvalue weighted by molar-refractivity contribution is 0.530. The van der Waals surface area contributed by atoms with Gasteiger partial charge in [0.15, 0.2) is 5.62 Å². The fourth-order valence-corrected chi connectivity index (χ4v) is 0. The Balaban J connectivity index is 3.20. The van der Waals surface area contributed by atoms with Crippen molar-refractivity contribution in [1.82, 2.24) is 0 Å². The third kappa shape index (κ3) is 3.78. The molecule has 0 aliphatic rings. The van der Waals surface area contributed by atoms with Crippen LogP contribution in [-0.4, -0.2) is 14.4 Å². The maximum Gasteiger partial charge on any atom is 0.192 e. The van der Waals surface area contributed by atoms with Crippen molar-refractivity contribution in [3.05, 3.63) is 0 Å². The predicted octanol–water partition coefficient (Wildman–Crippen LogP) is -0.944. The summed E-state index contributed by atoms with van der Waals surface area (Å²) in [6, 6.07) is 0. The first-order valence-electron chi connectivity index (χ1n) is 0.805. The van der Waals surface area contributed by atoms with E-state index in [0.717, 1.165) is 0 Å². The highest BCUT2D eigenvalue weighted by Crippen LogP contribution is 1.50. The van der Waals surface area contributed by atoms with Crippen LogP contribution in [0.2, 0.25) is 0 Å². The molecular weight excluding hydrogens is 92.1 g/mol. The molecule has 0 bridgehead atoms. The average molecular weight is 93.1 g/mol. The fourth-order valence-electron chi connectivity index (χ4n) is 0. The molecule has 0 rings (SSSR count). The molecule has 0 aromatic rings. The van der Waals surface area contributed by atoms with Crippen molar-refractivity contribution in [3.63, 3.8) is 0 Å². The van der Waals surface area contributed by atoms with Gasteiger partial charge in [-0.15, -0.1) is 0 Å². The maximum absolute atomic E-state index is 9.00. The summed E-state index contributed by atoms with van der Waals surface area (Å²) < 4.78 is 18.0. The topological polar surface area (TPSA) is 57.2 Å². The van der Waals surface area contributed by atoms with E-state index in [9.17, 15) is 0 Å². The van der Waals surface area contributed by atoms with Crippen LogP contribution in [0.3, 0.4) is 0 Å². The second-order valence-electron chi connectivity index (χ2n) is 0.357. The Morgan fingerprint density at radius 2 is 2.00 bits per heavy atom. The largest absolute Gasteiger partial charge is 0.766 e. The van der Waals surface area contributed by atoms with Crippen molar-refractivity contribution in [3.8, 4) is 0 Å². The smallest absolute Gasteiger partial charge is 0.192 e. The van der Waals surface area contributed by atoms with Gasteiger partial charge in [0.25, 0.3) is 0 Å². The van der Waals surface area contributed by atoms with Crippen LogP contribution in [0.5, 0.6) is 0 Å². The summed E-state index contributed by atoms with van der Waals surface area (Å²) in [5.74, 6) is 0. The zero-order valence-electron chi connectivity index (χ0n) is 2.21. The Morgan fingerprint density at radius 3 is 2.00 bits per heavy atom. The average Bonchev–Trinajstić information content (AvgIpc) is 1.38. The summed E-state index contributed by atoms with van der Waals surface area (Å²) in [5, 5.41) is 0. The third-order valence-corrected chi connectivity index (χ3v) is 0.236. The van der Waals surface area contributed by atoms with Gasteiger partial charge >= 0.3 is 0 Å². The van der Waals surface area contributed by atoms with Gasteiger partial charge in [0.2, 0.25) is 0 Å². The summed E-state index contributed by atoms with van der Waals surface area (Å²) in [6.07, 6.45) is 0. The van der Waals surface area contributed by atoms with Crippen molar-refractivity contribution in [1.29, 1.82) is 0 Å². The van der Waals surface area contributed by atoms with Crippen LogP contribution in [0.1, 0.15) is 0 Å². The van der Waals surface area contributed by atoms with Crippen LogP contribution in [0.25, 0.3) is 0 Å². The van der Waals surface area contributed by atoms with Gasteiger partial charge in [-0.1, -0.05) is 0 Å². The second-order valence-corrected chi connectivity index (χ2v) is 1.07. The molecular formula is CHO3S-. The van der Waals surface area contributed by atoms with E-state index < -0.39 is 11.1 Å². The monoisotopic (exact) mass is 93.0 g/mol. The molecule has 5 heavy (non-hydrogen) atoms. The summed E-state index contributed by atoms with van der Waals surface area (Å²) in [4.78, 5) is 8.89. The Labute approximate surface area is 31.3 Å². The first-order valence-corrected chi connectivity index (χ1v) is 1.94. The van der Waals surface area contributed by atoms with Crippen LogP contribution in [-0.2, 0) is 15.9 Å². The molecule has 0 heterocycles. The minimum absolute atomic E-state index is 0.167. The molecule has 0 saturated heterocycles. The number of carbonyl (C=O) groups excluding carboxylic acids is 1. The molecule has 30 valence electrons. The minimum Gasteiger partial charge on any atom is -0.766 e. The third-order valence-electron chi connectivity index (χ3n) is 0.0786. The van der Waals surface area contributed by atoms with Crippen molar-refractivity contribution in [2.24, 2.45) is 0 Å². The summed E-state index contributed by atoms with van der Waals surface area (Å²) in [7, 11) is 0. The van der Waals surface area contributed by atoms with Gasteiger partial charge in [-0.3, -0.25) is 9.00 Å². The number of carbonyl (C=O) groups is 1. The molecule has 0 aliphatic heterocycles. The Morgan fingerprint density at radius 1 is 1.80 bits per heavy atom. The lowest BCUT2D eigenvalue weighted by Gasteiger charge is -1.83. The summed E-state index contributed by atoms with van der Waals surface area (Å²) >= 11 is -2.50. The van der Waals surface area contributed by atoms with Crippen molar-refractivity contribution in [2.75, 3.05) is 0 Å². The SMILES string of the molecule is O=CS(=O)[O-]. The molecule has 1 unspecified atom stereocenters. The molecule has 0 fully saturated rings. The van der Waals surface area contributed by atoms with Crippen LogP contribution in [0.15, 0.2) is 0 Å². The highest BCUT2D eigenvalue weighted by atomic mass is 32.2. The number of rotatable bonds is 1. The molecule has 0 aliphatic carbocycles. The van der Waals surface area contributed by atoms with Crippen LogP contribution < -0.4 is 0 Å². The first kappa shape index (κ1) is 4.78. The molecule has 4 heteroatoms. The van der Waals surface area contributed by atoms with Gasteiger partial charge in [-0.25, -0.2) is 0 Å². The molecule has 0 aromatic carbocycles. The molecule has 0 spiro atoms. The first-order chi connectivity index (χ1) is 2.27. The van der Waals surface area contributed by atoms with Gasteiger partial charge in [-0.2, -0.15) is 0 Å². The van der Waals surface area contributed by atoms with Gasteiger partial charge < -0.3 is 4.55 Å².